The lowest BCUT2D eigenvalue weighted by Crippen LogP contribution is -2.34. The van der Waals surface area contributed by atoms with Gasteiger partial charge in [-0.3, -0.25) is 14.7 Å². The number of carbonyl (C=O) groups is 1. The zero-order chi connectivity index (χ0) is 28.9. The first-order chi connectivity index (χ1) is 18.4. The van der Waals surface area contributed by atoms with Gasteiger partial charge in [0.2, 0.25) is 18.0 Å². The SMILES string of the molecule is CCN(C=O)/C(CO)=N\N(C)c1cc(OC(C)C(F)(F)F)c2c(Oc3c(F)cc(CO)cc3F)nccc2c1. The van der Waals surface area contributed by atoms with Crippen molar-refractivity contribution in [3.8, 4) is 17.4 Å². The summed E-state index contributed by atoms with van der Waals surface area (Å²) in [5.74, 6) is -4.08. The zero-order valence-electron chi connectivity index (χ0n) is 21.0. The summed E-state index contributed by atoms with van der Waals surface area (Å²) < 4.78 is 79.9. The van der Waals surface area contributed by atoms with Crippen LogP contribution >= 0.6 is 0 Å². The summed E-state index contributed by atoms with van der Waals surface area (Å²) in [5.41, 5.74) is 0.125. The van der Waals surface area contributed by atoms with Crippen LogP contribution in [0.5, 0.6) is 17.4 Å². The highest BCUT2D eigenvalue weighted by Gasteiger charge is 2.38. The van der Waals surface area contributed by atoms with Crippen LogP contribution in [0.4, 0.5) is 27.6 Å². The number of pyridine rings is 1. The number of halogens is 5. The molecular weight excluding hydrogens is 531 g/mol. The molecule has 0 fully saturated rings. The second-order valence-electron chi connectivity index (χ2n) is 8.20. The monoisotopic (exact) mass is 556 g/mol. The van der Waals surface area contributed by atoms with Gasteiger partial charge >= 0.3 is 6.18 Å². The second kappa shape index (κ2) is 12.2. The molecule has 14 heteroatoms. The number of aliphatic hydroxyl groups is 2. The number of ether oxygens (including phenoxy) is 2. The van der Waals surface area contributed by atoms with Gasteiger partial charge in [-0.2, -0.15) is 18.3 Å². The first kappa shape index (κ1) is 29.5. The molecule has 9 nitrogen and oxygen atoms in total. The van der Waals surface area contributed by atoms with Gasteiger partial charge in [0, 0.05) is 25.9 Å². The third-order valence-corrected chi connectivity index (χ3v) is 5.56. The minimum atomic E-state index is -4.76. The fourth-order valence-electron chi connectivity index (χ4n) is 3.47. The standard InChI is InChI=1S/C25H25F5N4O5/c1-4-34(13-37)21(12-36)32-33(3)17-9-16-5-6-31-24(22(16)20(10-17)38-14(2)25(28,29)30)39-23-18(26)7-15(11-35)8-19(23)27/h5-10,13-14,35-36H,4,11-12H2,1-3H3/b32-21-. The first-order valence-electron chi connectivity index (χ1n) is 11.5. The van der Waals surface area contributed by atoms with Gasteiger partial charge in [0.25, 0.3) is 0 Å². The molecule has 0 spiro atoms. The maximum absolute atomic E-state index is 14.5. The normalized spacial score (nSPS) is 12.8. The molecule has 1 heterocycles. The van der Waals surface area contributed by atoms with E-state index in [9.17, 15) is 31.9 Å². The predicted octanol–water partition coefficient (Wildman–Crippen LogP) is 4.35. The lowest BCUT2D eigenvalue weighted by Gasteiger charge is -2.23. The summed E-state index contributed by atoms with van der Waals surface area (Å²) in [6.45, 7) is 1.39. The highest BCUT2D eigenvalue weighted by Crippen LogP contribution is 2.41. The second-order valence-corrected chi connectivity index (χ2v) is 8.20. The number of rotatable bonds is 10. The summed E-state index contributed by atoms with van der Waals surface area (Å²) in [6.07, 6.45) is -5.38. The van der Waals surface area contributed by atoms with E-state index in [1.807, 2.05) is 0 Å². The molecule has 0 saturated heterocycles. The maximum atomic E-state index is 14.5. The third-order valence-electron chi connectivity index (χ3n) is 5.56. The van der Waals surface area contributed by atoms with E-state index in [0.717, 1.165) is 24.0 Å². The number of fused-ring (bicyclic) bond motifs is 1. The molecule has 0 bridgehead atoms. The van der Waals surface area contributed by atoms with Gasteiger partial charge in [-0.1, -0.05) is 0 Å². The molecule has 0 aliphatic rings. The van der Waals surface area contributed by atoms with Crippen LogP contribution in [0.3, 0.4) is 0 Å². The highest BCUT2D eigenvalue weighted by atomic mass is 19.4. The molecule has 2 N–H and O–H groups in total. The number of carbonyl (C=O) groups excluding carboxylic acids is 1. The average molecular weight is 556 g/mol. The van der Waals surface area contributed by atoms with Crippen LogP contribution < -0.4 is 14.5 Å². The Kier molecular flexibility index (Phi) is 9.24. The van der Waals surface area contributed by atoms with E-state index < -0.39 is 54.5 Å². The molecule has 0 aliphatic carbocycles. The van der Waals surface area contributed by atoms with Crippen LogP contribution in [0.15, 0.2) is 41.6 Å². The summed E-state index contributed by atoms with van der Waals surface area (Å²) in [7, 11) is 1.43. The number of alkyl halides is 3. The van der Waals surface area contributed by atoms with Crippen LogP contribution in [-0.2, 0) is 11.4 Å². The number of aromatic nitrogens is 1. The molecule has 3 rings (SSSR count). The van der Waals surface area contributed by atoms with Crippen molar-refractivity contribution in [2.45, 2.75) is 32.7 Å². The van der Waals surface area contributed by atoms with Gasteiger partial charge in [0.1, 0.15) is 12.4 Å². The summed E-state index contributed by atoms with van der Waals surface area (Å²) >= 11 is 0. The van der Waals surface area contributed by atoms with Crippen molar-refractivity contribution in [1.29, 1.82) is 0 Å². The number of amides is 1. The third kappa shape index (κ3) is 6.70. The van der Waals surface area contributed by atoms with Gasteiger partial charge in [-0.15, -0.1) is 0 Å². The number of amidine groups is 1. The quantitative estimate of drug-likeness (QED) is 0.126. The van der Waals surface area contributed by atoms with Crippen LogP contribution in [0.25, 0.3) is 10.8 Å². The maximum Gasteiger partial charge on any atom is 0.425 e. The largest absolute Gasteiger partial charge is 0.480 e. The number of aliphatic hydroxyl groups excluding tert-OH is 2. The summed E-state index contributed by atoms with van der Waals surface area (Å²) in [4.78, 5) is 16.4. The molecule has 2 aromatic carbocycles. The highest BCUT2D eigenvalue weighted by molar-refractivity contribution is 5.96. The van der Waals surface area contributed by atoms with Gasteiger partial charge < -0.3 is 19.7 Å². The number of hydrogen-bond acceptors (Lipinski definition) is 8. The molecular formula is C25H25F5N4O5. The van der Waals surface area contributed by atoms with Crippen molar-refractivity contribution in [2.75, 3.05) is 25.2 Å². The van der Waals surface area contributed by atoms with Crippen molar-refractivity contribution in [3.05, 3.63) is 53.7 Å². The molecule has 210 valence electrons. The average Bonchev–Trinajstić information content (AvgIpc) is 2.89. The van der Waals surface area contributed by atoms with Crippen molar-refractivity contribution >= 4 is 28.7 Å². The van der Waals surface area contributed by atoms with E-state index >= 15 is 0 Å². The smallest absolute Gasteiger partial charge is 0.425 e. The minimum Gasteiger partial charge on any atom is -0.480 e. The Bertz CT molecular complexity index is 1350. The molecule has 3 aromatic rings. The fraction of sp³-hybridized carbons (Fsp3) is 0.320. The summed E-state index contributed by atoms with van der Waals surface area (Å²) in [5, 5.41) is 24.2. The van der Waals surface area contributed by atoms with Crippen molar-refractivity contribution in [2.24, 2.45) is 5.10 Å². The van der Waals surface area contributed by atoms with Gasteiger partial charge in [0.05, 0.1) is 17.7 Å². The Labute approximate surface area is 219 Å². The molecule has 0 radical (unpaired) electrons. The number of likely N-dealkylation sites (N-methyl/N-ethyl adjacent to an activating group) is 1. The molecule has 1 aromatic heterocycles. The molecule has 0 aliphatic heterocycles. The Morgan fingerprint density at radius 2 is 1.85 bits per heavy atom. The van der Waals surface area contributed by atoms with Crippen LogP contribution in [0.1, 0.15) is 19.4 Å². The minimum absolute atomic E-state index is 0.0303. The molecule has 1 atom stereocenters. The Balaban J connectivity index is 2.19. The Hall–Kier alpha value is -4.04. The number of hydrogen-bond donors (Lipinski definition) is 2. The number of nitrogens with zero attached hydrogens (tertiary/aromatic N) is 4. The zero-order valence-corrected chi connectivity index (χ0v) is 21.0. The predicted molar refractivity (Wildman–Crippen MR) is 132 cm³/mol. The van der Waals surface area contributed by atoms with Crippen molar-refractivity contribution in [1.82, 2.24) is 9.88 Å². The van der Waals surface area contributed by atoms with E-state index in [-0.39, 0.29) is 34.4 Å². The lowest BCUT2D eigenvalue weighted by molar-refractivity contribution is -0.189. The molecule has 39 heavy (non-hydrogen) atoms. The van der Waals surface area contributed by atoms with Crippen LogP contribution in [0.2, 0.25) is 0 Å². The van der Waals surface area contributed by atoms with E-state index in [4.69, 9.17) is 14.6 Å². The van der Waals surface area contributed by atoms with E-state index in [1.54, 1.807) is 6.92 Å². The fourth-order valence-corrected chi connectivity index (χ4v) is 3.47. The number of benzene rings is 2. The van der Waals surface area contributed by atoms with Crippen molar-refractivity contribution in [3.63, 3.8) is 0 Å². The van der Waals surface area contributed by atoms with Crippen molar-refractivity contribution < 1.29 is 46.4 Å². The van der Waals surface area contributed by atoms with E-state index in [1.165, 1.54) is 36.5 Å². The topological polar surface area (TPSA) is 108 Å². The number of hydrazone groups is 1. The van der Waals surface area contributed by atoms with Crippen LogP contribution in [-0.4, -0.2) is 64.8 Å². The molecule has 1 amide bonds. The Morgan fingerprint density at radius 3 is 2.38 bits per heavy atom. The lowest BCUT2D eigenvalue weighted by atomic mass is 10.1. The van der Waals surface area contributed by atoms with E-state index in [0.29, 0.717) is 6.41 Å². The van der Waals surface area contributed by atoms with Gasteiger partial charge in [-0.25, -0.2) is 13.8 Å². The van der Waals surface area contributed by atoms with Crippen LogP contribution in [0, 0.1) is 11.6 Å². The van der Waals surface area contributed by atoms with E-state index in [2.05, 4.69) is 10.1 Å². The Morgan fingerprint density at radius 1 is 1.18 bits per heavy atom. The number of anilines is 1. The molecule has 1 unspecified atom stereocenters. The van der Waals surface area contributed by atoms with Gasteiger partial charge in [0.15, 0.2) is 23.6 Å². The van der Waals surface area contributed by atoms with Gasteiger partial charge in [-0.05, 0) is 49.1 Å². The first-order valence-corrected chi connectivity index (χ1v) is 11.5. The summed E-state index contributed by atoms with van der Waals surface area (Å²) in [6, 6.07) is 5.74. The molecule has 0 saturated carbocycles.